The standard InChI is InChI=1S/C18H20N2O/c1-3-13-12-19-10-9-15(13)18(20-4-2)17-11-14-7-5-6-8-16(14)21-17/h5-12,18,20H,3-4H2,1-2H3. The number of hydrogen-bond acceptors (Lipinski definition) is 3. The molecule has 1 aromatic carbocycles. The smallest absolute Gasteiger partial charge is 0.134 e. The van der Waals surface area contributed by atoms with Crippen LogP contribution >= 0.6 is 0 Å². The van der Waals surface area contributed by atoms with Gasteiger partial charge in [0.05, 0.1) is 6.04 Å². The molecule has 3 aromatic rings. The first-order chi connectivity index (χ1) is 10.3. The van der Waals surface area contributed by atoms with Gasteiger partial charge in [-0.15, -0.1) is 0 Å². The van der Waals surface area contributed by atoms with E-state index in [1.165, 1.54) is 11.1 Å². The third-order valence-electron chi connectivity index (χ3n) is 3.77. The van der Waals surface area contributed by atoms with Crippen molar-refractivity contribution in [2.75, 3.05) is 6.54 Å². The summed E-state index contributed by atoms with van der Waals surface area (Å²) in [6.45, 7) is 5.15. The molecule has 3 nitrogen and oxygen atoms in total. The first kappa shape index (κ1) is 13.8. The predicted molar refractivity (Wildman–Crippen MR) is 85.3 cm³/mol. The van der Waals surface area contributed by atoms with E-state index in [9.17, 15) is 0 Å². The number of rotatable bonds is 5. The van der Waals surface area contributed by atoms with Gasteiger partial charge in [-0.1, -0.05) is 32.0 Å². The number of aromatic nitrogens is 1. The quantitative estimate of drug-likeness (QED) is 0.765. The van der Waals surface area contributed by atoms with Gasteiger partial charge in [0.2, 0.25) is 0 Å². The van der Waals surface area contributed by atoms with Crippen molar-refractivity contribution in [3.63, 3.8) is 0 Å². The van der Waals surface area contributed by atoms with Gasteiger partial charge >= 0.3 is 0 Å². The minimum Gasteiger partial charge on any atom is -0.459 e. The highest BCUT2D eigenvalue weighted by molar-refractivity contribution is 5.78. The second-order valence-corrected chi connectivity index (χ2v) is 5.11. The zero-order valence-electron chi connectivity index (χ0n) is 12.5. The number of nitrogens with one attached hydrogen (secondary N) is 1. The Morgan fingerprint density at radius 2 is 2.05 bits per heavy atom. The molecule has 0 saturated heterocycles. The lowest BCUT2D eigenvalue weighted by Crippen LogP contribution is -2.22. The van der Waals surface area contributed by atoms with Crippen LogP contribution in [0.3, 0.4) is 0 Å². The zero-order valence-corrected chi connectivity index (χ0v) is 12.5. The Morgan fingerprint density at radius 3 is 2.81 bits per heavy atom. The molecule has 0 aliphatic heterocycles. The lowest BCUT2D eigenvalue weighted by Gasteiger charge is -2.18. The third kappa shape index (κ3) is 2.69. The highest BCUT2D eigenvalue weighted by Gasteiger charge is 2.19. The maximum Gasteiger partial charge on any atom is 0.134 e. The lowest BCUT2D eigenvalue weighted by atomic mass is 9.99. The first-order valence-corrected chi connectivity index (χ1v) is 7.48. The van der Waals surface area contributed by atoms with Gasteiger partial charge in [0.25, 0.3) is 0 Å². The lowest BCUT2D eigenvalue weighted by molar-refractivity contribution is 0.475. The molecule has 3 heteroatoms. The summed E-state index contributed by atoms with van der Waals surface area (Å²) >= 11 is 0. The molecule has 0 fully saturated rings. The average Bonchev–Trinajstić information content (AvgIpc) is 2.96. The molecular weight excluding hydrogens is 260 g/mol. The molecule has 21 heavy (non-hydrogen) atoms. The average molecular weight is 280 g/mol. The highest BCUT2D eigenvalue weighted by atomic mass is 16.3. The summed E-state index contributed by atoms with van der Waals surface area (Å²) in [6, 6.07) is 12.4. The number of aryl methyl sites for hydroxylation is 1. The van der Waals surface area contributed by atoms with Crippen LogP contribution in [0.2, 0.25) is 0 Å². The predicted octanol–water partition coefficient (Wildman–Crippen LogP) is 4.09. The van der Waals surface area contributed by atoms with Crippen molar-refractivity contribution >= 4 is 11.0 Å². The Balaban J connectivity index is 2.08. The molecule has 1 unspecified atom stereocenters. The van der Waals surface area contributed by atoms with Gasteiger partial charge in [-0.2, -0.15) is 0 Å². The molecule has 2 heterocycles. The third-order valence-corrected chi connectivity index (χ3v) is 3.77. The summed E-state index contributed by atoms with van der Waals surface area (Å²) in [4.78, 5) is 4.24. The number of para-hydroxylation sites is 1. The SMILES string of the molecule is CCNC(c1cc2ccccc2o1)c1ccncc1CC. The molecular formula is C18H20N2O. The van der Waals surface area contributed by atoms with Crippen LogP contribution in [-0.4, -0.2) is 11.5 Å². The molecule has 0 saturated carbocycles. The van der Waals surface area contributed by atoms with Crippen LogP contribution < -0.4 is 5.32 Å². The highest BCUT2D eigenvalue weighted by Crippen LogP contribution is 2.29. The molecule has 108 valence electrons. The fourth-order valence-corrected chi connectivity index (χ4v) is 2.73. The van der Waals surface area contributed by atoms with Gasteiger partial charge < -0.3 is 9.73 Å². The summed E-state index contributed by atoms with van der Waals surface area (Å²) in [7, 11) is 0. The van der Waals surface area contributed by atoms with E-state index < -0.39 is 0 Å². The van der Waals surface area contributed by atoms with E-state index in [1.54, 1.807) is 0 Å². The van der Waals surface area contributed by atoms with Crippen molar-refractivity contribution in [2.45, 2.75) is 26.3 Å². The van der Waals surface area contributed by atoms with E-state index in [1.807, 2.05) is 30.6 Å². The van der Waals surface area contributed by atoms with Gasteiger partial charge in [0.1, 0.15) is 11.3 Å². The van der Waals surface area contributed by atoms with Crippen LogP contribution in [0.15, 0.2) is 53.2 Å². The molecule has 3 rings (SSSR count). The van der Waals surface area contributed by atoms with Gasteiger partial charge in [0, 0.05) is 17.8 Å². The molecule has 2 aromatic heterocycles. The zero-order chi connectivity index (χ0) is 14.7. The number of nitrogens with zero attached hydrogens (tertiary/aromatic N) is 1. The Hall–Kier alpha value is -2.13. The fourth-order valence-electron chi connectivity index (χ4n) is 2.73. The Bertz CT molecular complexity index is 700. The number of fused-ring (bicyclic) bond motifs is 1. The van der Waals surface area contributed by atoms with Crippen LogP contribution in [0.5, 0.6) is 0 Å². The van der Waals surface area contributed by atoms with Gasteiger partial charge in [-0.3, -0.25) is 4.98 Å². The number of hydrogen-bond donors (Lipinski definition) is 1. The molecule has 0 bridgehead atoms. The topological polar surface area (TPSA) is 38.1 Å². The van der Waals surface area contributed by atoms with Crippen LogP contribution in [0.25, 0.3) is 11.0 Å². The maximum atomic E-state index is 6.05. The van der Waals surface area contributed by atoms with Crippen LogP contribution in [0.4, 0.5) is 0 Å². The largest absolute Gasteiger partial charge is 0.459 e. The fraction of sp³-hybridized carbons (Fsp3) is 0.278. The maximum absolute atomic E-state index is 6.05. The minimum atomic E-state index is 0.0698. The number of pyridine rings is 1. The van der Waals surface area contributed by atoms with Crippen LogP contribution in [0.1, 0.15) is 36.8 Å². The first-order valence-electron chi connectivity index (χ1n) is 7.48. The van der Waals surface area contributed by atoms with Crippen molar-refractivity contribution < 1.29 is 4.42 Å². The van der Waals surface area contributed by atoms with Crippen molar-refractivity contribution in [2.24, 2.45) is 0 Å². The summed E-state index contributed by atoms with van der Waals surface area (Å²) in [5.41, 5.74) is 3.43. The van der Waals surface area contributed by atoms with E-state index in [-0.39, 0.29) is 6.04 Å². The Labute approximate surface area is 125 Å². The van der Waals surface area contributed by atoms with E-state index in [0.717, 1.165) is 29.7 Å². The minimum absolute atomic E-state index is 0.0698. The van der Waals surface area contributed by atoms with Gasteiger partial charge in [-0.25, -0.2) is 0 Å². The van der Waals surface area contributed by atoms with E-state index in [4.69, 9.17) is 4.42 Å². The van der Waals surface area contributed by atoms with Crippen molar-refractivity contribution in [3.8, 4) is 0 Å². The molecule has 1 N–H and O–H groups in total. The van der Waals surface area contributed by atoms with E-state index >= 15 is 0 Å². The van der Waals surface area contributed by atoms with Crippen molar-refractivity contribution in [1.82, 2.24) is 10.3 Å². The van der Waals surface area contributed by atoms with Crippen LogP contribution in [0, 0.1) is 0 Å². The normalized spacial score (nSPS) is 12.7. The molecule has 0 aliphatic rings. The molecule has 1 atom stereocenters. The van der Waals surface area contributed by atoms with E-state index in [2.05, 4.69) is 42.3 Å². The van der Waals surface area contributed by atoms with Crippen LogP contribution in [-0.2, 0) is 6.42 Å². The Morgan fingerprint density at radius 1 is 1.19 bits per heavy atom. The Kier molecular flexibility index (Phi) is 4.02. The molecule has 0 spiro atoms. The summed E-state index contributed by atoms with van der Waals surface area (Å²) in [5.74, 6) is 0.957. The monoisotopic (exact) mass is 280 g/mol. The number of furan rings is 1. The molecule has 0 radical (unpaired) electrons. The second kappa shape index (κ2) is 6.10. The number of benzene rings is 1. The molecule has 0 aliphatic carbocycles. The molecule has 0 amide bonds. The van der Waals surface area contributed by atoms with E-state index in [0.29, 0.717) is 0 Å². The van der Waals surface area contributed by atoms with Crippen molar-refractivity contribution in [1.29, 1.82) is 0 Å². The summed E-state index contributed by atoms with van der Waals surface area (Å²) in [5, 5.41) is 4.67. The summed E-state index contributed by atoms with van der Waals surface area (Å²) < 4.78 is 6.05. The summed E-state index contributed by atoms with van der Waals surface area (Å²) in [6.07, 6.45) is 4.76. The van der Waals surface area contributed by atoms with Gasteiger partial charge in [-0.05, 0) is 42.3 Å². The van der Waals surface area contributed by atoms with Crippen molar-refractivity contribution in [3.05, 3.63) is 65.7 Å². The van der Waals surface area contributed by atoms with Gasteiger partial charge in [0.15, 0.2) is 0 Å². The second-order valence-electron chi connectivity index (χ2n) is 5.11.